The molecule has 0 atom stereocenters. The van der Waals surface area contributed by atoms with Gasteiger partial charge >= 0.3 is 10.2 Å². The van der Waals surface area contributed by atoms with Gasteiger partial charge in [0.25, 0.3) is 5.56 Å². The molecule has 2 N–H and O–H groups in total. The van der Waals surface area contributed by atoms with Gasteiger partial charge in [-0.15, -0.1) is 0 Å². The molecule has 0 unspecified atom stereocenters. The first-order valence-electron chi connectivity index (χ1n) is 10.7. The number of hydrogen-bond acceptors (Lipinski definition) is 6. The van der Waals surface area contributed by atoms with Gasteiger partial charge < -0.3 is 14.6 Å². The van der Waals surface area contributed by atoms with E-state index < -0.39 is 16.0 Å². The number of benzene rings is 2. The van der Waals surface area contributed by atoms with Gasteiger partial charge in [0.15, 0.2) is 0 Å². The molecule has 34 heavy (non-hydrogen) atoms. The highest BCUT2D eigenvalue weighted by Crippen LogP contribution is 2.37. The van der Waals surface area contributed by atoms with Crippen molar-refractivity contribution in [2.75, 3.05) is 36.3 Å². The molecule has 1 aromatic heterocycles. The Balaban J connectivity index is 1.60. The average molecular weight is 510 g/mol. The number of rotatable bonds is 8. The van der Waals surface area contributed by atoms with Gasteiger partial charge in [-0.3, -0.25) is 9.52 Å². The molecule has 0 amide bonds. The van der Waals surface area contributed by atoms with Crippen molar-refractivity contribution < 1.29 is 17.5 Å². The Morgan fingerprint density at radius 3 is 2.65 bits per heavy atom. The van der Waals surface area contributed by atoms with E-state index >= 15 is 0 Å². The lowest BCUT2D eigenvalue weighted by atomic mass is 10.1. The van der Waals surface area contributed by atoms with Crippen molar-refractivity contribution in [3.63, 3.8) is 0 Å². The Labute approximate surface area is 201 Å². The molecule has 1 saturated heterocycles. The van der Waals surface area contributed by atoms with Crippen molar-refractivity contribution in [2.24, 2.45) is 13.0 Å². The fraction of sp³-hybridized carbons (Fsp3) is 0.364. The van der Waals surface area contributed by atoms with Crippen LogP contribution in [0.4, 0.5) is 21.5 Å². The lowest BCUT2D eigenvalue weighted by molar-refractivity contribution is 0.0577. The summed E-state index contributed by atoms with van der Waals surface area (Å²) in [4.78, 5) is 16.8. The fourth-order valence-electron chi connectivity index (χ4n) is 3.78. The van der Waals surface area contributed by atoms with E-state index in [-0.39, 0.29) is 27.9 Å². The molecule has 0 bridgehead atoms. The van der Waals surface area contributed by atoms with E-state index in [1.165, 1.54) is 21.3 Å². The van der Waals surface area contributed by atoms with Crippen molar-refractivity contribution in [2.45, 2.75) is 13.8 Å². The van der Waals surface area contributed by atoms with Crippen LogP contribution in [0.2, 0.25) is 5.02 Å². The van der Waals surface area contributed by atoms with Gasteiger partial charge in [0.05, 0.1) is 40.2 Å². The molecule has 1 aliphatic rings. The maximum atomic E-state index is 14.7. The van der Waals surface area contributed by atoms with Crippen LogP contribution < -0.4 is 15.6 Å². The molecule has 1 fully saturated rings. The highest BCUT2D eigenvalue weighted by Gasteiger charge is 2.36. The summed E-state index contributed by atoms with van der Waals surface area (Å²) >= 11 is 6.41. The van der Waals surface area contributed by atoms with Crippen molar-refractivity contribution >= 4 is 49.8 Å². The van der Waals surface area contributed by atoms with Gasteiger partial charge in [0.1, 0.15) is 5.82 Å². The Kier molecular flexibility index (Phi) is 6.81. The zero-order valence-electron chi connectivity index (χ0n) is 18.9. The number of fused-ring (bicyclic) bond motifs is 1. The van der Waals surface area contributed by atoms with Crippen LogP contribution in [0.15, 0.2) is 35.4 Å². The van der Waals surface area contributed by atoms with Gasteiger partial charge in [-0.05, 0) is 43.7 Å². The molecule has 2 aromatic carbocycles. The van der Waals surface area contributed by atoms with Crippen LogP contribution in [0.5, 0.6) is 0 Å². The molecule has 0 saturated carbocycles. The number of ether oxygens (including phenoxy) is 1. The predicted octanol–water partition coefficient (Wildman–Crippen LogP) is 3.40. The largest absolute Gasteiger partial charge is 0.381 e. The number of hydrogen-bond donors (Lipinski definition) is 2. The van der Waals surface area contributed by atoms with Crippen molar-refractivity contribution in [3.05, 3.63) is 57.3 Å². The molecule has 0 aliphatic carbocycles. The number of anilines is 3. The lowest BCUT2D eigenvalue weighted by Crippen LogP contribution is -2.53. The first-order chi connectivity index (χ1) is 16.1. The lowest BCUT2D eigenvalue weighted by Gasteiger charge is -2.37. The van der Waals surface area contributed by atoms with Crippen molar-refractivity contribution in [1.29, 1.82) is 0 Å². The van der Waals surface area contributed by atoms with E-state index in [0.717, 1.165) is 6.07 Å². The number of nitrogens with zero attached hydrogens (tertiary/aromatic N) is 3. The van der Waals surface area contributed by atoms with E-state index in [9.17, 15) is 17.6 Å². The normalized spacial score (nSPS) is 14.9. The number of halogens is 2. The minimum absolute atomic E-state index is 0.0369. The van der Waals surface area contributed by atoms with Gasteiger partial charge in [0, 0.05) is 38.3 Å². The van der Waals surface area contributed by atoms with Gasteiger partial charge in [0.2, 0.25) is 0 Å². The molecule has 4 rings (SSSR count). The SMILES string of the molecule is CCOCC1CN(S(=O)(=O)Nc2ccc(F)c(Nc3ccc4ncn(C)c(=O)c4c3C)c2Cl)C1. The standard InChI is InChI=1S/C22H25ClFN5O4S/c1-4-33-11-14-9-29(10-14)34(31,32)27-18-6-5-15(24)21(20(18)23)26-16-7-8-17-19(13(16)2)22(30)28(3)12-25-17/h5-8,12,14,26-27H,4,9-11H2,1-3H3. The topological polar surface area (TPSA) is 106 Å². The van der Waals surface area contributed by atoms with E-state index in [0.29, 0.717) is 48.5 Å². The summed E-state index contributed by atoms with van der Waals surface area (Å²) in [5.41, 5.74) is 1.21. The molecule has 12 heteroatoms. The summed E-state index contributed by atoms with van der Waals surface area (Å²) < 4.78 is 50.6. The Hall–Kier alpha value is -2.73. The molecule has 2 heterocycles. The zero-order chi connectivity index (χ0) is 24.6. The zero-order valence-corrected chi connectivity index (χ0v) is 20.5. The molecule has 0 radical (unpaired) electrons. The average Bonchev–Trinajstić information content (AvgIpc) is 2.76. The van der Waals surface area contributed by atoms with E-state index in [4.69, 9.17) is 16.3 Å². The van der Waals surface area contributed by atoms with Gasteiger partial charge in [-0.1, -0.05) is 11.6 Å². The number of nitrogens with one attached hydrogen (secondary N) is 2. The highest BCUT2D eigenvalue weighted by atomic mass is 35.5. The second-order valence-electron chi connectivity index (χ2n) is 8.15. The van der Waals surface area contributed by atoms with Crippen LogP contribution in [0.3, 0.4) is 0 Å². The first-order valence-corrected chi connectivity index (χ1v) is 12.5. The highest BCUT2D eigenvalue weighted by molar-refractivity contribution is 7.90. The molecular formula is C22H25ClFN5O4S. The monoisotopic (exact) mass is 509 g/mol. The smallest absolute Gasteiger partial charge is 0.301 e. The van der Waals surface area contributed by atoms with E-state index in [1.54, 1.807) is 26.1 Å². The van der Waals surface area contributed by atoms with E-state index in [2.05, 4.69) is 15.0 Å². The van der Waals surface area contributed by atoms with Crippen LogP contribution in [-0.2, 0) is 22.0 Å². The quantitative estimate of drug-likeness (QED) is 0.482. The van der Waals surface area contributed by atoms with Crippen molar-refractivity contribution in [1.82, 2.24) is 13.9 Å². The first kappa shape index (κ1) is 24.4. The Morgan fingerprint density at radius 2 is 1.94 bits per heavy atom. The second kappa shape index (κ2) is 9.49. The third-order valence-electron chi connectivity index (χ3n) is 5.76. The number of aryl methyl sites for hydroxylation is 2. The second-order valence-corrected chi connectivity index (χ2v) is 10.2. The van der Waals surface area contributed by atoms with Gasteiger partial charge in [-0.25, -0.2) is 9.37 Å². The minimum Gasteiger partial charge on any atom is -0.381 e. The third kappa shape index (κ3) is 4.61. The molecule has 182 valence electrons. The van der Waals surface area contributed by atoms with Crippen LogP contribution in [0, 0.1) is 18.7 Å². The minimum atomic E-state index is -3.87. The maximum absolute atomic E-state index is 14.7. The van der Waals surface area contributed by atoms with Crippen LogP contribution >= 0.6 is 11.6 Å². The Bertz CT molecular complexity index is 1410. The summed E-state index contributed by atoms with van der Waals surface area (Å²) in [6.45, 7) is 5.33. The molecule has 9 nitrogen and oxygen atoms in total. The summed E-state index contributed by atoms with van der Waals surface area (Å²) in [7, 11) is -2.27. The fourth-order valence-corrected chi connectivity index (χ4v) is 5.48. The molecule has 1 aliphatic heterocycles. The van der Waals surface area contributed by atoms with Crippen LogP contribution in [0.1, 0.15) is 12.5 Å². The maximum Gasteiger partial charge on any atom is 0.301 e. The van der Waals surface area contributed by atoms with Crippen molar-refractivity contribution in [3.8, 4) is 0 Å². The summed E-state index contributed by atoms with van der Waals surface area (Å²) in [5.74, 6) is -0.539. The summed E-state index contributed by atoms with van der Waals surface area (Å²) in [6, 6.07) is 5.70. The van der Waals surface area contributed by atoms with E-state index in [1.807, 2.05) is 6.92 Å². The molecular weight excluding hydrogens is 485 g/mol. The number of aromatic nitrogens is 2. The molecule has 0 spiro atoms. The molecule has 3 aromatic rings. The third-order valence-corrected chi connectivity index (χ3v) is 7.61. The summed E-state index contributed by atoms with van der Waals surface area (Å²) in [6.07, 6.45) is 1.43. The van der Waals surface area contributed by atoms with Crippen LogP contribution in [-0.4, -0.2) is 48.6 Å². The van der Waals surface area contributed by atoms with Crippen LogP contribution in [0.25, 0.3) is 10.9 Å². The Morgan fingerprint density at radius 1 is 1.24 bits per heavy atom. The predicted molar refractivity (Wildman–Crippen MR) is 131 cm³/mol. The summed E-state index contributed by atoms with van der Waals surface area (Å²) in [5, 5.41) is 3.17. The van der Waals surface area contributed by atoms with Gasteiger partial charge in [-0.2, -0.15) is 12.7 Å².